The Morgan fingerprint density at radius 3 is 2.70 bits per heavy atom. The van der Waals surface area contributed by atoms with E-state index in [1.54, 1.807) is 14.0 Å². The first-order valence-corrected chi connectivity index (χ1v) is 10.5. The Balaban J connectivity index is 0.00000259. The van der Waals surface area contributed by atoms with Gasteiger partial charge in [0.05, 0.1) is 12.6 Å². The van der Waals surface area contributed by atoms with Crippen molar-refractivity contribution in [3.63, 3.8) is 0 Å². The molecule has 0 aliphatic carbocycles. The van der Waals surface area contributed by atoms with Crippen LogP contribution in [0, 0.1) is 6.92 Å². The first-order chi connectivity index (χ1) is 15.5. The molecule has 3 heterocycles. The molecule has 33 heavy (non-hydrogen) atoms. The van der Waals surface area contributed by atoms with Gasteiger partial charge in [-0.15, -0.1) is 12.4 Å². The number of methoxy groups -OCH3 is 1. The van der Waals surface area contributed by atoms with E-state index in [-0.39, 0.29) is 18.4 Å². The molecule has 0 bridgehead atoms. The molecule has 0 saturated carbocycles. The molecule has 0 fully saturated rings. The third kappa shape index (κ3) is 4.15. The predicted octanol–water partition coefficient (Wildman–Crippen LogP) is 4.40. The Hall–Kier alpha value is -3.49. The molecule has 3 N–H and O–H groups in total. The Kier molecular flexibility index (Phi) is 6.31. The van der Waals surface area contributed by atoms with E-state index >= 15 is 0 Å². The largest absolute Gasteiger partial charge is 0.495 e. The molecule has 0 unspecified atom stereocenters. The number of para-hydroxylation sites is 1. The number of aromatic amines is 1. The second kappa shape index (κ2) is 9.17. The van der Waals surface area contributed by atoms with Crippen LogP contribution in [0.25, 0.3) is 33.4 Å². The van der Waals surface area contributed by atoms with E-state index in [9.17, 15) is 0 Å². The molecule has 8 nitrogen and oxygen atoms in total. The lowest BCUT2D eigenvalue weighted by molar-refractivity contribution is 0.290. The summed E-state index contributed by atoms with van der Waals surface area (Å²) < 4.78 is 19.1. The summed E-state index contributed by atoms with van der Waals surface area (Å²) in [6.45, 7) is 2.17. The number of rotatable bonds is 7. The van der Waals surface area contributed by atoms with E-state index in [4.69, 9.17) is 19.7 Å². The highest BCUT2D eigenvalue weighted by atomic mass is 35.5. The molecule has 0 radical (unpaired) electrons. The van der Waals surface area contributed by atoms with Crippen LogP contribution in [0.15, 0.2) is 53.2 Å². The van der Waals surface area contributed by atoms with E-state index in [2.05, 4.69) is 27.3 Å². The summed E-state index contributed by atoms with van der Waals surface area (Å²) in [5, 5.41) is 6.00. The van der Waals surface area contributed by atoms with Crippen molar-refractivity contribution in [1.29, 1.82) is 0 Å². The zero-order chi connectivity index (χ0) is 22.2. The lowest BCUT2D eigenvalue weighted by Gasteiger charge is -2.15. The van der Waals surface area contributed by atoms with E-state index in [1.807, 2.05) is 48.1 Å². The van der Waals surface area contributed by atoms with Gasteiger partial charge in [-0.05, 0) is 43.2 Å². The van der Waals surface area contributed by atoms with Gasteiger partial charge in [0.2, 0.25) is 0 Å². The minimum atomic E-state index is -0.159. The van der Waals surface area contributed by atoms with E-state index < -0.39 is 0 Å². The minimum Gasteiger partial charge on any atom is -0.495 e. The van der Waals surface area contributed by atoms with Crippen molar-refractivity contribution in [2.24, 2.45) is 12.8 Å². The lowest BCUT2D eigenvalue weighted by Crippen LogP contribution is -2.30. The van der Waals surface area contributed by atoms with Gasteiger partial charge in [-0.2, -0.15) is 4.98 Å². The lowest BCUT2D eigenvalue weighted by atomic mass is 10.1. The van der Waals surface area contributed by atoms with Gasteiger partial charge in [0.1, 0.15) is 23.8 Å². The van der Waals surface area contributed by atoms with Crippen molar-refractivity contribution in [2.75, 3.05) is 13.7 Å². The minimum absolute atomic E-state index is 0. The normalized spacial score (nSPS) is 12.1. The molecule has 2 aromatic carbocycles. The van der Waals surface area contributed by atoms with Crippen LogP contribution in [-0.4, -0.2) is 39.5 Å². The molecule has 3 aromatic heterocycles. The first-order valence-electron chi connectivity index (χ1n) is 10.5. The Labute approximate surface area is 197 Å². The summed E-state index contributed by atoms with van der Waals surface area (Å²) in [7, 11) is 3.59. The van der Waals surface area contributed by atoms with Crippen LogP contribution in [0.5, 0.6) is 11.5 Å². The Morgan fingerprint density at radius 1 is 1.15 bits per heavy atom. The molecule has 5 rings (SSSR count). The van der Waals surface area contributed by atoms with E-state index in [1.165, 1.54) is 10.9 Å². The molecule has 172 valence electrons. The third-order valence-corrected chi connectivity index (χ3v) is 5.69. The van der Waals surface area contributed by atoms with Crippen LogP contribution in [0.3, 0.4) is 0 Å². The van der Waals surface area contributed by atoms with Crippen molar-refractivity contribution in [2.45, 2.75) is 19.4 Å². The average Bonchev–Trinajstić information content (AvgIpc) is 3.50. The number of nitrogens with one attached hydrogen (secondary N) is 1. The number of halogens is 1. The highest BCUT2D eigenvalue weighted by Gasteiger charge is 2.20. The summed E-state index contributed by atoms with van der Waals surface area (Å²) in [6.07, 6.45) is 2.73. The van der Waals surface area contributed by atoms with Gasteiger partial charge in [-0.3, -0.25) is 0 Å². The summed E-state index contributed by atoms with van der Waals surface area (Å²) in [5.41, 5.74) is 10.4. The smallest absolute Gasteiger partial charge is 0.274 e. The van der Waals surface area contributed by atoms with E-state index in [0.29, 0.717) is 24.7 Å². The number of benzene rings is 2. The van der Waals surface area contributed by atoms with Crippen molar-refractivity contribution in [1.82, 2.24) is 19.7 Å². The molecule has 0 aliphatic rings. The maximum atomic E-state index is 6.43. The SMILES string of the molecule is COc1ccc(OC[C@@H](N)Cc2c[nH]c3ccccc23)c2cc(-c3nc(C)no3)n(C)c12.Cl. The van der Waals surface area contributed by atoms with Gasteiger partial charge in [0, 0.05) is 35.6 Å². The van der Waals surface area contributed by atoms with Gasteiger partial charge in [-0.25, -0.2) is 0 Å². The number of H-pyrrole nitrogens is 1. The Morgan fingerprint density at radius 2 is 1.94 bits per heavy atom. The number of aromatic nitrogens is 4. The number of fused-ring (bicyclic) bond motifs is 2. The zero-order valence-corrected chi connectivity index (χ0v) is 19.5. The molecule has 0 amide bonds. The third-order valence-electron chi connectivity index (χ3n) is 5.69. The molecule has 1 atom stereocenters. The van der Waals surface area contributed by atoms with Crippen LogP contribution in [-0.2, 0) is 13.5 Å². The highest BCUT2D eigenvalue weighted by Crippen LogP contribution is 2.38. The first kappa shape index (κ1) is 22.7. The fourth-order valence-corrected chi connectivity index (χ4v) is 4.14. The van der Waals surface area contributed by atoms with Gasteiger partial charge < -0.3 is 29.3 Å². The summed E-state index contributed by atoms with van der Waals surface area (Å²) in [5.74, 6) is 2.50. The van der Waals surface area contributed by atoms with Crippen LogP contribution in [0.4, 0.5) is 0 Å². The van der Waals surface area contributed by atoms with Crippen LogP contribution < -0.4 is 15.2 Å². The molecule has 9 heteroatoms. The summed E-state index contributed by atoms with van der Waals surface area (Å²) in [4.78, 5) is 7.66. The fraction of sp³-hybridized carbons (Fsp3) is 0.250. The van der Waals surface area contributed by atoms with Crippen molar-refractivity contribution in [3.8, 4) is 23.1 Å². The molecule has 0 saturated heterocycles. The second-order valence-corrected chi connectivity index (χ2v) is 7.90. The monoisotopic (exact) mass is 467 g/mol. The van der Waals surface area contributed by atoms with E-state index in [0.717, 1.165) is 33.6 Å². The van der Waals surface area contributed by atoms with Crippen LogP contribution in [0.2, 0.25) is 0 Å². The van der Waals surface area contributed by atoms with Crippen LogP contribution in [0.1, 0.15) is 11.4 Å². The molecule has 5 aromatic rings. The number of nitrogens with two attached hydrogens (primary N) is 1. The van der Waals surface area contributed by atoms with Crippen molar-refractivity contribution < 1.29 is 14.0 Å². The number of aryl methyl sites for hydroxylation is 2. The molecule has 0 aliphatic heterocycles. The molecular formula is C24H26ClN5O3. The average molecular weight is 468 g/mol. The fourth-order valence-electron chi connectivity index (χ4n) is 4.14. The summed E-state index contributed by atoms with van der Waals surface area (Å²) >= 11 is 0. The maximum Gasteiger partial charge on any atom is 0.274 e. The number of nitrogens with zero attached hydrogens (tertiary/aromatic N) is 3. The number of ether oxygens (including phenoxy) is 2. The van der Waals surface area contributed by atoms with Crippen LogP contribution >= 0.6 is 12.4 Å². The zero-order valence-electron chi connectivity index (χ0n) is 18.7. The standard InChI is InChI=1S/C24H25N5O3.ClH/c1-14-27-24(32-28-14)20-11-18-21(8-9-22(30-3)23(18)29(20)2)31-13-16(25)10-15-12-26-19-7-5-4-6-17(15)19;/h4-9,11-12,16,26H,10,13,25H2,1-3H3;1H/t16-;/m0./s1. The second-order valence-electron chi connectivity index (χ2n) is 7.90. The molecule has 0 spiro atoms. The van der Waals surface area contributed by atoms with Gasteiger partial charge in [0.15, 0.2) is 5.82 Å². The van der Waals surface area contributed by atoms with Gasteiger partial charge in [0.25, 0.3) is 5.89 Å². The number of hydrogen-bond acceptors (Lipinski definition) is 6. The highest BCUT2D eigenvalue weighted by molar-refractivity contribution is 5.95. The van der Waals surface area contributed by atoms with Gasteiger partial charge in [-0.1, -0.05) is 23.4 Å². The molecular weight excluding hydrogens is 442 g/mol. The summed E-state index contributed by atoms with van der Waals surface area (Å²) in [6, 6.07) is 13.8. The van der Waals surface area contributed by atoms with Crippen molar-refractivity contribution in [3.05, 3.63) is 60.0 Å². The van der Waals surface area contributed by atoms with Gasteiger partial charge >= 0.3 is 0 Å². The maximum absolute atomic E-state index is 6.43. The predicted molar refractivity (Wildman–Crippen MR) is 130 cm³/mol. The topological polar surface area (TPSA) is 104 Å². The number of hydrogen-bond donors (Lipinski definition) is 2. The quantitative estimate of drug-likeness (QED) is 0.367. The Bertz CT molecular complexity index is 1400. The van der Waals surface area contributed by atoms with Crippen molar-refractivity contribution >= 4 is 34.2 Å².